The number of unbranched alkanes of at least 4 members (excludes halogenated alkanes) is 10. The van der Waals surface area contributed by atoms with Crippen LogP contribution in [0.4, 0.5) is 0 Å². The van der Waals surface area contributed by atoms with E-state index >= 15 is 0 Å². The van der Waals surface area contributed by atoms with Gasteiger partial charge in [-0.3, -0.25) is 9.59 Å². The van der Waals surface area contributed by atoms with Crippen molar-refractivity contribution in [1.82, 2.24) is 0 Å². The first-order valence-electron chi connectivity index (χ1n) is 11.6. The van der Waals surface area contributed by atoms with Gasteiger partial charge in [0.2, 0.25) is 0 Å². The first-order valence-corrected chi connectivity index (χ1v) is 11.6. The molecule has 0 aliphatic rings. The summed E-state index contributed by atoms with van der Waals surface area (Å²) in [5.74, 6) is -0.529. The molecule has 0 unspecified atom stereocenters. The first-order chi connectivity index (χ1) is 14.6. The van der Waals surface area contributed by atoms with E-state index in [9.17, 15) is 9.59 Å². The predicted octanol–water partition coefficient (Wildman–Crippen LogP) is 4.86. The fraction of sp³-hybridized carbons (Fsp3) is 0.833. The minimum Gasteiger partial charge on any atom is -0.469 e. The van der Waals surface area contributed by atoms with Crippen LogP contribution in [0, 0.1) is 0 Å². The second-order valence-corrected chi connectivity index (χ2v) is 7.90. The first kappa shape index (κ1) is 28.6. The molecule has 0 aromatic carbocycles. The van der Waals surface area contributed by atoms with E-state index in [0.29, 0.717) is 0 Å². The average Bonchev–Trinajstić information content (AvgIpc) is 2.75. The molecule has 176 valence electrons. The summed E-state index contributed by atoms with van der Waals surface area (Å²) in [6, 6.07) is 0. The predicted molar refractivity (Wildman–Crippen MR) is 119 cm³/mol. The van der Waals surface area contributed by atoms with Gasteiger partial charge in [0.05, 0.1) is 27.1 Å². The van der Waals surface area contributed by atoms with Crippen molar-refractivity contribution in [1.29, 1.82) is 0 Å². The maximum Gasteiger partial charge on any atom is 0.309 e. The van der Waals surface area contributed by atoms with Crippen LogP contribution in [0.1, 0.15) is 103 Å². The number of esters is 2. The smallest absolute Gasteiger partial charge is 0.309 e. The van der Waals surface area contributed by atoms with E-state index in [2.05, 4.69) is 0 Å². The molecule has 0 spiro atoms. The van der Waals surface area contributed by atoms with Crippen LogP contribution in [0.25, 0.3) is 0 Å². The normalized spacial score (nSPS) is 11.9. The highest BCUT2D eigenvalue weighted by Crippen LogP contribution is 2.26. The molecule has 0 atom stereocenters. The molecule has 30 heavy (non-hydrogen) atoms. The summed E-state index contributed by atoms with van der Waals surface area (Å²) < 4.78 is 9.76. The maximum absolute atomic E-state index is 11.9. The number of ether oxygens (including phenoxy) is 2. The molecule has 0 aromatic heterocycles. The number of carbonyl (C=O) groups is 2. The van der Waals surface area contributed by atoms with E-state index < -0.39 is 0 Å². The molecule has 0 radical (unpaired) electrons. The van der Waals surface area contributed by atoms with Crippen molar-refractivity contribution < 1.29 is 29.3 Å². The van der Waals surface area contributed by atoms with Crippen LogP contribution in [0.15, 0.2) is 11.1 Å². The lowest BCUT2D eigenvalue weighted by Gasteiger charge is -2.15. The second-order valence-electron chi connectivity index (χ2n) is 7.90. The zero-order valence-electron chi connectivity index (χ0n) is 19.3. The van der Waals surface area contributed by atoms with Crippen LogP contribution in [0.3, 0.4) is 0 Å². The van der Waals surface area contributed by atoms with Crippen LogP contribution >= 0.6 is 0 Å². The van der Waals surface area contributed by atoms with Gasteiger partial charge >= 0.3 is 11.9 Å². The van der Waals surface area contributed by atoms with Gasteiger partial charge < -0.3 is 19.7 Å². The summed E-state index contributed by atoms with van der Waals surface area (Å²) in [5.41, 5.74) is 2.06. The van der Waals surface area contributed by atoms with Crippen molar-refractivity contribution in [3.8, 4) is 0 Å². The molecular weight excluding hydrogens is 384 g/mol. The molecule has 0 aliphatic heterocycles. The molecule has 0 rings (SSSR count). The van der Waals surface area contributed by atoms with Crippen molar-refractivity contribution >= 4 is 11.9 Å². The van der Waals surface area contributed by atoms with Gasteiger partial charge in [-0.1, -0.05) is 62.5 Å². The third-order valence-corrected chi connectivity index (χ3v) is 5.44. The summed E-state index contributed by atoms with van der Waals surface area (Å²) in [7, 11) is 2.79. The SMILES string of the molecule is COC(=O)C/C(CCCCCCCCO)=C(/CCCCCCCCO)CC(=O)OC. The van der Waals surface area contributed by atoms with Crippen molar-refractivity contribution in [2.45, 2.75) is 103 Å². The van der Waals surface area contributed by atoms with E-state index in [0.717, 1.165) is 101 Å². The minimum atomic E-state index is -0.265. The van der Waals surface area contributed by atoms with Crippen LogP contribution in [-0.4, -0.2) is 49.6 Å². The standard InChI is InChI=1S/C24H44O6/c1-29-23(27)19-21(15-11-7-3-5-9-13-17-25)22(20-24(28)30-2)16-12-8-4-6-10-14-18-26/h25-26H,3-20H2,1-2H3/b22-21-. The van der Waals surface area contributed by atoms with E-state index in [1.165, 1.54) is 14.2 Å². The molecule has 0 bridgehead atoms. The van der Waals surface area contributed by atoms with Crippen LogP contribution < -0.4 is 0 Å². The molecule has 0 saturated heterocycles. The van der Waals surface area contributed by atoms with E-state index in [1.54, 1.807) is 0 Å². The van der Waals surface area contributed by atoms with E-state index in [4.69, 9.17) is 19.7 Å². The molecule has 2 N–H and O–H groups in total. The zero-order chi connectivity index (χ0) is 22.5. The summed E-state index contributed by atoms with van der Waals surface area (Å²) in [5, 5.41) is 17.7. The minimum absolute atomic E-state index is 0.240. The lowest BCUT2D eigenvalue weighted by Crippen LogP contribution is -2.09. The van der Waals surface area contributed by atoms with Gasteiger partial charge in [0.1, 0.15) is 0 Å². The van der Waals surface area contributed by atoms with Crippen LogP contribution in [-0.2, 0) is 19.1 Å². The molecular formula is C24H44O6. The number of rotatable bonds is 20. The molecule has 0 aliphatic carbocycles. The van der Waals surface area contributed by atoms with Gasteiger partial charge in [0, 0.05) is 13.2 Å². The number of aliphatic hydroxyl groups is 2. The Labute approximate surface area is 183 Å². The Bertz CT molecular complexity index is 430. The summed E-state index contributed by atoms with van der Waals surface area (Å²) in [4.78, 5) is 23.9. The Morgan fingerprint density at radius 1 is 0.533 bits per heavy atom. The van der Waals surface area contributed by atoms with Crippen molar-refractivity contribution in [2.24, 2.45) is 0 Å². The highest BCUT2D eigenvalue weighted by atomic mass is 16.5. The van der Waals surface area contributed by atoms with Crippen molar-refractivity contribution in [2.75, 3.05) is 27.4 Å². The second kappa shape index (κ2) is 20.9. The molecule has 0 amide bonds. The molecule has 6 heteroatoms. The number of carbonyl (C=O) groups excluding carboxylic acids is 2. The highest BCUT2D eigenvalue weighted by Gasteiger charge is 2.15. The Morgan fingerprint density at radius 3 is 1.13 bits per heavy atom. The van der Waals surface area contributed by atoms with Gasteiger partial charge in [-0.05, 0) is 38.5 Å². The number of methoxy groups -OCH3 is 2. The highest BCUT2D eigenvalue weighted by molar-refractivity contribution is 5.75. The van der Waals surface area contributed by atoms with Gasteiger partial charge in [-0.2, -0.15) is 0 Å². The Morgan fingerprint density at radius 2 is 0.833 bits per heavy atom. The summed E-state index contributed by atoms with van der Waals surface area (Å²) in [6.45, 7) is 0.509. The fourth-order valence-electron chi connectivity index (χ4n) is 3.59. The molecule has 0 fully saturated rings. The lowest BCUT2D eigenvalue weighted by atomic mass is 9.92. The number of hydrogen-bond acceptors (Lipinski definition) is 6. The third-order valence-electron chi connectivity index (χ3n) is 5.44. The average molecular weight is 429 g/mol. The largest absolute Gasteiger partial charge is 0.469 e. The third kappa shape index (κ3) is 16.4. The van der Waals surface area contributed by atoms with Gasteiger partial charge in [-0.25, -0.2) is 0 Å². The van der Waals surface area contributed by atoms with Crippen molar-refractivity contribution in [3.63, 3.8) is 0 Å². The van der Waals surface area contributed by atoms with Crippen LogP contribution in [0.2, 0.25) is 0 Å². The molecule has 0 heterocycles. The van der Waals surface area contributed by atoms with E-state index in [-0.39, 0.29) is 38.0 Å². The molecule has 6 nitrogen and oxygen atoms in total. The van der Waals surface area contributed by atoms with E-state index in [1.807, 2.05) is 0 Å². The monoisotopic (exact) mass is 428 g/mol. The Hall–Kier alpha value is -1.40. The topological polar surface area (TPSA) is 93.1 Å². The van der Waals surface area contributed by atoms with Gasteiger partial charge in [0.25, 0.3) is 0 Å². The van der Waals surface area contributed by atoms with Crippen LogP contribution in [0.5, 0.6) is 0 Å². The summed E-state index contributed by atoms with van der Waals surface area (Å²) in [6.07, 6.45) is 14.5. The van der Waals surface area contributed by atoms with Gasteiger partial charge in [0.15, 0.2) is 0 Å². The lowest BCUT2D eigenvalue weighted by molar-refractivity contribution is -0.141. The number of aliphatic hydroxyl groups excluding tert-OH is 2. The zero-order valence-corrected chi connectivity index (χ0v) is 19.3. The molecule has 0 aromatic rings. The fourth-order valence-corrected chi connectivity index (χ4v) is 3.59. The number of hydrogen-bond donors (Lipinski definition) is 2. The van der Waals surface area contributed by atoms with Gasteiger partial charge in [-0.15, -0.1) is 0 Å². The van der Waals surface area contributed by atoms with Crippen molar-refractivity contribution in [3.05, 3.63) is 11.1 Å². The molecule has 0 saturated carbocycles. The quantitative estimate of drug-likeness (QED) is 0.163. The summed E-state index contributed by atoms with van der Waals surface area (Å²) >= 11 is 0. The Kier molecular flexibility index (Phi) is 19.9. The Balaban J connectivity index is 4.82. The maximum atomic E-state index is 11.9.